The van der Waals surface area contributed by atoms with Gasteiger partial charge in [-0.1, -0.05) is 35.9 Å². The molecular formula is C19H23NO. The molecule has 1 amide bonds. The number of hydrogen-bond donors (Lipinski definition) is 0. The van der Waals surface area contributed by atoms with Crippen LogP contribution in [0.4, 0.5) is 5.69 Å². The minimum Gasteiger partial charge on any atom is -0.306 e. The van der Waals surface area contributed by atoms with Gasteiger partial charge in [-0.2, -0.15) is 0 Å². The van der Waals surface area contributed by atoms with E-state index >= 15 is 0 Å². The maximum absolute atomic E-state index is 13.0. The molecular weight excluding hydrogens is 258 g/mol. The van der Waals surface area contributed by atoms with E-state index in [0.29, 0.717) is 0 Å². The van der Waals surface area contributed by atoms with Crippen molar-refractivity contribution < 1.29 is 4.79 Å². The van der Waals surface area contributed by atoms with E-state index in [1.54, 1.807) is 0 Å². The number of carbonyl (C=O) groups excluding carboxylic acids is 1. The fraction of sp³-hybridized carbons (Fsp3) is 0.316. The van der Waals surface area contributed by atoms with Gasteiger partial charge in [-0.25, -0.2) is 0 Å². The minimum absolute atomic E-state index is 0.0699. The zero-order valence-corrected chi connectivity index (χ0v) is 13.5. The first-order valence-corrected chi connectivity index (χ1v) is 7.38. The maximum atomic E-state index is 13.0. The van der Waals surface area contributed by atoms with Crippen molar-refractivity contribution >= 4 is 11.6 Å². The van der Waals surface area contributed by atoms with Gasteiger partial charge in [0, 0.05) is 17.3 Å². The molecule has 0 fully saturated rings. The van der Waals surface area contributed by atoms with Crippen LogP contribution in [0.15, 0.2) is 42.5 Å². The monoisotopic (exact) mass is 281 g/mol. The first kappa shape index (κ1) is 15.3. The predicted molar refractivity (Wildman–Crippen MR) is 89.0 cm³/mol. The van der Waals surface area contributed by atoms with Crippen LogP contribution in [-0.2, 0) is 0 Å². The Bertz CT molecular complexity index is 658. The molecule has 0 saturated heterocycles. The fourth-order valence-electron chi connectivity index (χ4n) is 2.55. The predicted octanol–water partition coefficient (Wildman–Crippen LogP) is 4.67. The summed E-state index contributed by atoms with van der Waals surface area (Å²) in [4.78, 5) is 14.9. The summed E-state index contributed by atoms with van der Waals surface area (Å²) >= 11 is 0. The van der Waals surface area contributed by atoms with Crippen molar-refractivity contribution in [2.45, 2.75) is 40.7 Å². The summed E-state index contributed by atoms with van der Waals surface area (Å²) in [6, 6.07) is 14.2. The fourth-order valence-corrected chi connectivity index (χ4v) is 2.55. The second kappa shape index (κ2) is 6.13. The molecule has 2 aromatic carbocycles. The summed E-state index contributed by atoms with van der Waals surface area (Å²) < 4.78 is 0. The van der Waals surface area contributed by atoms with Crippen LogP contribution in [0.25, 0.3) is 0 Å². The van der Waals surface area contributed by atoms with E-state index < -0.39 is 0 Å². The van der Waals surface area contributed by atoms with Crippen LogP contribution >= 0.6 is 0 Å². The molecule has 0 unspecified atom stereocenters. The lowest BCUT2D eigenvalue weighted by molar-refractivity contribution is 0.0979. The number of aryl methyl sites for hydroxylation is 3. The van der Waals surface area contributed by atoms with Gasteiger partial charge in [-0.05, 0) is 57.9 Å². The highest BCUT2D eigenvalue weighted by atomic mass is 16.2. The van der Waals surface area contributed by atoms with Gasteiger partial charge in [0.2, 0.25) is 0 Å². The molecule has 0 aliphatic carbocycles. The number of anilines is 1. The number of hydrogen-bond acceptors (Lipinski definition) is 1. The van der Waals surface area contributed by atoms with Crippen molar-refractivity contribution in [3.05, 3.63) is 64.7 Å². The molecule has 0 atom stereocenters. The van der Waals surface area contributed by atoms with Gasteiger partial charge in [0.15, 0.2) is 0 Å². The van der Waals surface area contributed by atoms with E-state index in [-0.39, 0.29) is 11.9 Å². The molecule has 21 heavy (non-hydrogen) atoms. The molecule has 0 saturated carbocycles. The second-order valence-corrected chi connectivity index (χ2v) is 5.87. The number of nitrogens with zero attached hydrogens (tertiary/aromatic N) is 1. The van der Waals surface area contributed by atoms with E-state index in [9.17, 15) is 4.79 Å². The average Bonchev–Trinajstić information content (AvgIpc) is 2.43. The zero-order valence-electron chi connectivity index (χ0n) is 13.5. The third-order valence-corrected chi connectivity index (χ3v) is 3.73. The molecule has 0 N–H and O–H groups in total. The third kappa shape index (κ3) is 3.15. The van der Waals surface area contributed by atoms with Crippen molar-refractivity contribution in [1.29, 1.82) is 0 Å². The molecule has 110 valence electrons. The third-order valence-electron chi connectivity index (χ3n) is 3.73. The Morgan fingerprint density at radius 2 is 1.62 bits per heavy atom. The van der Waals surface area contributed by atoms with E-state index in [0.717, 1.165) is 27.9 Å². The molecule has 0 aliphatic rings. The molecule has 2 nitrogen and oxygen atoms in total. The highest BCUT2D eigenvalue weighted by molar-refractivity contribution is 6.07. The Labute approximate surface area is 127 Å². The molecule has 0 radical (unpaired) electrons. The molecule has 2 heteroatoms. The summed E-state index contributed by atoms with van der Waals surface area (Å²) in [6.45, 7) is 10.2. The van der Waals surface area contributed by atoms with Crippen LogP contribution < -0.4 is 4.90 Å². The summed E-state index contributed by atoms with van der Waals surface area (Å²) in [5, 5.41) is 0. The summed E-state index contributed by atoms with van der Waals surface area (Å²) in [6.07, 6.45) is 0. The SMILES string of the molecule is Cc1ccc(C)c(C(=O)N(c2ccccc2C)C(C)C)c1. The highest BCUT2D eigenvalue weighted by Crippen LogP contribution is 2.25. The summed E-state index contributed by atoms with van der Waals surface area (Å²) in [5.74, 6) is 0.0699. The number of amides is 1. The number of carbonyl (C=O) groups is 1. The molecule has 2 rings (SSSR count). The van der Waals surface area contributed by atoms with Gasteiger partial charge in [0.05, 0.1) is 0 Å². The Morgan fingerprint density at radius 3 is 2.24 bits per heavy atom. The molecule has 0 heterocycles. The lowest BCUT2D eigenvalue weighted by Gasteiger charge is -2.29. The zero-order chi connectivity index (χ0) is 15.6. The lowest BCUT2D eigenvalue weighted by atomic mass is 10.0. The van der Waals surface area contributed by atoms with Gasteiger partial charge < -0.3 is 4.90 Å². The van der Waals surface area contributed by atoms with E-state index in [2.05, 4.69) is 13.8 Å². The normalized spacial score (nSPS) is 10.8. The van der Waals surface area contributed by atoms with Crippen LogP contribution in [0, 0.1) is 20.8 Å². The van der Waals surface area contributed by atoms with Crippen molar-refractivity contribution in [2.24, 2.45) is 0 Å². The molecule has 0 aromatic heterocycles. The van der Waals surface area contributed by atoms with Crippen molar-refractivity contribution in [2.75, 3.05) is 4.90 Å². The van der Waals surface area contributed by atoms with Gasteiger partial charge in [-0.3, -0.25) is 4.79 Å². The molecule has 2 aromatic rings. The van der Waals surface area contributed by atoms with Crippen LogP contribution in [0.2, 0.25) is 0 Å². The van der Waals surface area contributed by atoms with Gasteiger partial charge in [0.25, 0.3) is 5.91 Å². The number of para-hydroxylation sites is 1. The topological polar surface area (TPSA) is 20.3 Å². The quantitative estimate of drug-likeness (QED) is 0.800. The summed E-state index contributed by atoms with van der Waals surface area (Å²) in [5.41, 5.74) is 5.01. The van der Waals surface area contributed by atoms with Gasteiger partial charge >= 0.3 is 0 Å². The van der Waals surface area contributed by atoms with Crippen LogP contribution in [0.3, 0.4) is 0 Å². The highest BCUT2D eigenvalue weighted by Gasteiger charge is 2.23. The minimum atomic E-state index is 0.0699. The molecule has 0 aliphatic heterocycles. The maximum Gasteiger partial charge on any atom is 0.258 e. The van der Waals surface area contributed by atoms with Gasteiger partial charge in [-0.15, -0.1) is 0 Å². The van der Waals surface area contributed by atoms with Crippen molar-refractivity contribution in [3.63, 3.8) is 0 Å². The Morgan fingerprint density at radius 1 is 0.952 bits per heavy atom. The largest absolute Gasteiger partial charge is 0.306 e. The molecule has 0 bridgehead atoms. The van der Waals surface area contributed by atoms with Crippen LogP contribution in [0.1, 0.15) is 40.9 Å². The van der Waals surface area contributed by atoms with E-state index in [1.807, 2.05) is 68.1 Å². The second-order valence-electron chi connectivity index (χ2n) is 5.87. The smallest absolute Gasteiger partial charge is 0.258 e. The Hall–Kier alpha value is -2.09. The average molecular weight is 281 g/mol. The van der Waals surface area contributed by atoms with E-state index in [1.165, 1.54) is 0 Å². The van der Waals surface area contributed by atoms with Crippen LogP contribution in [-0.4, -0.2) is 11.9 Å². The number of benzene rings is 2. The van der Waals surface area contributed by atoms with E-state index in [4.69, 9.17) is 0 Å². The van der Waals surface area contributed by atoms with Crippen LogP contribution in [0.5, 0.6) is 0 Å². The standard InChI is InChI=1S/C19H23NO/c1-13(2)20(18-9-7-6-8-16(18)5)19(21)17-12-14(3)10-11-15(17)4/h6-13H,1-5H3. The van der Waals surface area contributed by atoms with Gasteiger partial charge in [0.1, 0.15) is 0 Å². The van der Waals surface area contributed by atoms with Crippen molar-refractivity contribution in [3.8, 4) is 0 Å². The lowest BCUT2D eigenvalue weighted by Crippen LogP contribution is -2.38. The Kier molecular flexibility index (Phi) is 4.46. The first-order chi connectivity index (χ1) is 9.91. The number of rotatable bonds is 3. The molecule has 0 spiro atoms. The summed E-state index contributed by atoms with van der Waals surface area (Å²) in [7, 11) is 0. The first-order valence-electron chi connectivity index (χ1n) is 7.38. The van der Waals surface area contributed by atoms with Crippen molar-refractivity contribution in [1.82, 2.24) is 0 Å². The Balaban J connectivity index is 2.51.